The number of likely N-dealkylation sites (tertiary alicyclic amines) is 1. The SMILES string of the molecule is OC1CCN(C2COCCN(c3cc(-c4nc5ccccc5[nH]4)c(Cl)cn3)C2)CC1. The minimum Gasteiger partial charge on any atom is -0.393 e. The lowest BCUT2D eigenvalue weighted by atomic mass is 10.1. The molecule has 8 heteroatoms. The number of pyridine rings is 1. The van der Waals surface area contributed by atoms with Crippen LogP contribution in [0.4, 0.5) is 5.82 Å². The largest absolute Gasteiger partial charge is 0.393 e. The Kier molecular flexibility index (Phi) is 5.60. The summed E-state index contributed by atoms with van der Waals surface area (Å²) in [5, 5.41) is 10.4. The topological polar surface area (TPSA) is 77.5 Å². The minimum absolute atomic E-state index is 0.173. The number of imidazole rings is 1. The second-order valence-electron chi connectivity index (χ2n) is 8.07. The van der Waals surface area contributed by atoms with Gasteiger partial charge in [0, 0.05) is 37.9 Å². The van der Waals surface area contributed by atoms with Gasteiger partial charge in [0.05, 0.1) is 41.4 Å². The molecule has 30 heavy (non-hydrogen) atoms. The van der Waals surface area contributed by atoms with Crippen LogP contribution in [0.15, 0.2) is 36.5 Å². The fraction of sp³-hybridized carbons (Fsp3) is 0.455. The lowest BCUT2D eigenvalue weighted by Crippen LogP contribution is -2.49. The number of piperidine rings is 1. The highest BCUT2D eigenvalue weighted by atomic mass is 35.5. The van der Waals surface area contributed by atoms with Crippen LogP contribution in [0.2, 0.25) is 5.02 Å². The molecule has 1 aromatic carbocycles. The van der Waals surface area contributed by atoms with Crippen molar-refractivity contribution >= 4 is 28.5 Å². The van der Waals surface area contributed by atoms with E-state index in [1.54, 1.807) is 6.20 Å². The van der Waals surface area contributed by atoms with Gasteiger partial charge >= 0.3 is 0 Å². The van der Waals surface area contributed by atoms with Crippen molar-refractivity contribution in [2.75, 3.05) is 44.3 Å². The first-order valence-corrected chi connectivity index (χ1v) is 10.9. The molecule has 2 N–H and O–H groups in total. The molecule has 2 saturated heterocycles. The number of halogens is 1. The van der Waals surface area contributed by atoms with Gasteiger partial charge in [-0.1, -0.05) is 23.7 Å². The van der Waals surface area contributed by atoms with Crippen LogP contribution in [-0.2, 0) is 4.74 Å². The summed E-state index contributed by atoms with van der Waals surface area (Å²) in [6.07, 6.45) is 3.18. The molecule has 2 aliphatic heterocycles. The van der Waals surface area contributed by atoms with E-state index < -0.39 is 0 Å². The third-order valence-corrected chi connectivity index (χ3v) is 6.37. The maximum atomic E-state index is 9.83. The summed E-state index contributed by atoms with van der Waals surface area (Å²) in [4.78, 5) is 17.4. The molecule has 2 aliphatic rings. The highest BCUT2D eigenvalue weighted by molar-refractivity contribution is 6.33. The van der Waals surface area contributed by atoms with Crippen molar-refractivity contribution in [2.24, 2.45) is 0 Å². The molecule has 0 saturated carbocycles. The Morgan fingerprint density at radius 3 is 2.83 bits per heavy atom. The molecule has 5 rings (SSSR count). The Hall–Kier alpha value is -2.19. The molecule has 1 unspecified atom stereocenters. The highest BCUT2D eigenvalue weighted by Gasteiger charge is 2.28. The van der Waals surface area contributed by atoms with E-state index in [4.69, 9.17) is 21.3 Å². The summed E-state index contributed by atoms with van der Waals surface area (Å²) in [7, 11) is 0. The van der Waals surface area contributed by atoms with E-state index in [-0.39, 0.29) is 12.1 Å². The number of benzene rings is 1. The van der Waals surface area contributed by atoms with E-state index in [1.165, 1.54) is 0 Å². The number of aromatic nitrogens is 3. The molecule has 3 aromatic rings. The Morgan fingerprint density at radius 1 is 1.17 bits per heavy atom. The number of nitrogens with zero attached hydrogens (tertiary/aromatic N) is 4. The predicted molar refractivity (Wildman–Crippen MR) is 118 cm³/mol. The van der Waals surface area contributed by atoms with E-state index in [0.29, 0.717) is 18.2 Å². The molecular weight excluding hydrogens is 402 g/mol. The van der Waals surface area contributed by atoms with Gasteiger partial charge < -0.3 is 19.7 Å². The minimum atomic E-state index is -0.173. The van der Waals surface area contributed by atoms with E-state index in [0.717, 1.165) is 67.3 Å². The third-order valence-electron chi connectivity index (χ3n) is 6.07. The summed E-state index contributed by atoms with van der Waals surface area (Å²) in [6, 6.07) is 10.3. The molecule has 2 fully saturated rings. The average Bonchev–Trinajstić information content (AvgIpc) is 3.04. The number of H-pyrrole nitrogens is 1. The van der Waals surface area contributed by atoms with Gasteiger partial charge in [-0.3, -0.25) is 4.90 Å². The van der Waals surface area contributed by atoms with Crippen LogP contribution in [0.25, 0.3) is 22.4 Å². The van der Waals surface area contributed by atoms with Gasteiger partial charge in [-0.25, -0.2) is 9.97 Å². The van der Waals surface area contributed by atoms with Gasteiger partial charge in [0.25, 0.3) is 0 Å². The predicted octanol–water partition coefficient (Wildman–Crippen LogP) is 2.94. The lowest BCUT2D eigenvalue weighted by molar-refractivity contribution is 0.0319. The molecule has 158 valence electrons. The van der Waals surface area contributed by atoms with Crippen LogP contribution in [0, 0.1) is 0 Å². The number of hydrogen-bond acceptors (Lipinski definition) is 6. The van der Waals surface area contributed by atoms with Gasteiger partial charge in [-0.2, -0.15) is 0 Å². The van der Waals surface area contributed by atoms with E-state index in [2.05, 4.69) is 19.8 Å². The molecule has 4 heterocycles. The number of rotatable bonds is 3. The van der Waals surface area contributed by atoms with Gasteiger partial charge in [0.15, 0.2) is 0 Å². The van der Waals surface area contributed by atoms with Crippen LogP contribution in [0.1, 0.15) is 12.8 Å². The molecule has 0 amide bonds. The van der Waals surface area contributed by atoms with Crippen molar-refractivity contribution in [1.29, 1.82) is 0 Å². The van der Waals surface area contributed by atoms with Crippen LogP contribution in [0.5, 0.6) is 0 Å². The quantitative estimate of drug-likeness (QED) is 0.669. The zero-order valence-electron chi connectivity index (χ0n) is 16.8. The van der Waals surface area contributed by atoms with Crippen LogP contribution in [-0.4, -0.2) is 76.5 Å². The number of fused-ring (bicyclic) bond motifs is 1. The number of nitrogens with one attached hydrogen (secondary N) is 1. The maximum Gasteiger partial charge on any atom is 0.140 e. The monoisotopic (exact) mass is 427 g/mol. The number of hydrogen-bond donors (Lipinski definition) is 2. The van der Waals surface area contributed by atoms with E-state index in [1.807, 2.05) is 30.3 Å². The number of aliphatic hydroxyl groups is 1. The van der Waals surface area contributed by atoms with E-state index >= 15 is 0 Å². The smallest absolute Gasteiger partial charge is 0.140 e. The summed E-state index contributed by atoms with van der Waals surface area (Å²) < 4.78 is 5.90. The van der Waals surface area contributed by atoms with Crippen LogP contribution in [0.3, 0.4) is 0 Å². The van der Waals surface area contributed by atoms with Crippen molar-refractivity contribution in [3.63, 3.8) is 0 Å². The Labute approximate surface area is 180 Å². The fourth-order valence-electron chi connectivity index (χ4n) is 4.33. The molecule has 0 spiro atoms. The number of ether oxygens (including phenoxy) is 1. The third kappa shape index (κ3) is 4.03. The second-order valence-corrected chi connectivity index (χ2v) is 8.47. The number of aromatic amines is 1. The molecule has 0 aliphatic carbocycles. The summed E-state index contributed by atoms with van der Waals surface area (Å²) in [5.74, 6) is 1.62. The average molecular weight is 428 g/mol. The van der Waals surface area contributed by atoms with Crippen molar-refractivity contribution in [3.8, 4) is 11.4 Å². The molecule has 0 bridgehead atoms. The fourth-order valence-corrected chi connectivity index (χ4v) is 4.53. The van der Waals surface area contributed by atoms with Crippen molar-refractivity contribution < 1.29 is 9.84 Å². The van der Waals surface area contributed by atoms with Gasteiger partial charge in [0.1, 0.15) is 11.6 Å². The first kappa shape index (κ1) is 19.8. The first-order chi connectivity index (χ1) is 14.7. The summed E-state index contributed by atoms with van der Waals surface area (Å²) in [5.41, 5.74) is 2.75. The van der Waals surface area contributed by atoms with Gasteiger partial charge in [-0.05, 0) is 31.0 Å². The number of aliphatic hydroxyl groups excluding tert-OH is 1. The number of anilines is 1. The van der Waals surface area contributed by atoms with Gasteiger partial charge in [0.2, 0.25) is 0 Å². The standard InChI is InChI=1S/C22H26ClN5O2/c23-18-12-24-21(11-17(18)22-25-19-3-1-2-4-20(19)26-22)28-9-10-30-14-15(13-28)27-7-5-16(29)6-8-27/h1-4,11-12,15-16,29H,5-10,13-14H2,(H,25,26). The van der Waals surface area contributed by atoms with Crippen molar-refractivity contribution in [1.82, 2.24) is 19.9 Å². The molecule has 2 aromatic heterocycles. The lowest BCUT2D eigenvalue weighted by Gasteiger charge is -2.37. The Morgan fingerprint density at radius 2 is 2.00 bits per heavy atom. The van der Waals surface area contributed by atoms with Gasteiger partial charge in [-0.15, -0.1) is 0 Å². The zero-order valence-corrected chi connectivity index (χ0v) is 17.6. The highest BCUT2D eigenvalue weighted by Crippen LogP contribution is 2.30. The van der Waals surface area contributed by atoms with Crippen molar-refractivity contribution in [2.45, 2.75) is 25.0 Å². The first-order valence-electron chi connectivity index (χ1n) is 10.5. The van der Waals surface area contributed by atoms with E-state index in [9.17, 15) is 5.11 Å². The number of para-hydroxylation sites is 2. The summed E-state index contributed by atoms with van der Waals surface area (Å²) in [6.45, 7) is 4.79. The Balaban J connectivity index is 1.41. The molecule has 0 radical (unpaired) electrons. The van der Waals surface area contributed by atoms with Crippen LogP contribution >= 0.6 is 11.6 Å². The molecular formula is C22H26ClN5O2. The second kappa shape index (κ2) is 8.51. The molecule has 1 atom stereocenters. The summed E-state index contributed by atoms with van der Waals surface area (Å²) >= 11 is 6.50. The molecule has 7 nitrogen and oxygen atoms in total. The van der Waals surface area contributed by atoms with Crippen molar-refractivity contribution in [3.05, 3.63) is 41.6 Å². The zero-order chi connectivity index (χ0) is 20.5. The Bertz CT molecular complexity index is 985. The maximum absolute atomic E-state index is 9.83. The van der Waals surface area contributed by atoms with Crippen LogP contribution < -0.4 is 4.90 Å². The normalized spacial score (nSPS) is 21.8.